The van der Waals surface area contributed by atoms with Crippen molar-refractivity contribution in [3.8, 4) is 0 Å². The molecule has 0 rings (SSSR count). The quantitative estimate of drug-likeness (QED) is 0.0345. The third kappa shape index (κ3) is 58.9. The van der Waals surface area contributed by atoms with Gasteiger partial charge in [0.05, 0.1) is 6.61 Å². The summed E-state index contributed by atoms with van der Waals surface area (Å²) in [6, 6.07) is 0. The van der Waals surface area contributed by atoms with E-state index in [1.807, 2.05) is 0 Å². The van der Waals surface area contributed by atoms with E-state index in [9.17, 15) is 9.59 Å². The SMILES string of the molecule is CC/C=C\C/C=C\C/C=C\C/C=C\C/C=C\C/C=C\CCCOCC(COC(=O)CCCCCCCCCCC/C=C\CCCCCCCC)OC(=O)CCCCCCCCC/C=C\C/C=C\C/C=C\CC. The maximum atomic E-state index is 12.9. The van der Waals surface area contributed by atoms with Gasteiger partial charge >= 0.3 is 11.9 Å². The van der Waals surface area contributed by atoms with Crippen LogP contribution < -0.4 is 0 Å². The standard InChI is InChI=1S/C67H112O5/c1-4-7-10-13-16-19-22-25-28-31-33-35-38-41-44-47-50-53-56-59-62-70-63-65(72-67(69)61-58-55-52-49-46-43-40-36-30-27-24-21-18-15-12-9-6-3)64-71-66(68)60-57-54-51-48-45-42-39-37-34-32-29-26-23-20-17-14-11-8-5-2/h7,9-10,12,16,18-19,21,25-30,33,35,41,44,50,53,65H,4-6,8,11,13-15,17,20,22-24,31-32,34,36-40,42-43,45-49,51-52,54-64H2,1-3H3/b10-7-,12-9-,19-16-,21-18-,28-25-,29-26-,30-27-,35-33-,44-41-,53-50-. The van der Waals surface area contributed by atoms with Crippen LogP contribution in [0.5, 0.6) is 0 Å². The first kappa shape index (κ1) is 68.3. The Hall–Kier alpha value is -3.70. The zero-order valence-corrected chi connectivity index (χ0v) is 47.2. The summed E-state index contributed by atoms with van der Waals surface area (Å²) in [7, 11) is 0. The molecule has 0 heterocycles. The topological polar surface area (TPSA) is 61.8 Å². The molecule has 0 aromatic carbocycles. The second-order valence-electron chi connectivity index (χ2n) is 19.5. The highest BCUT2D eigenvalue weighted by Gasteiger charge is 2.17. The van der Waals surface area contributed by atoms with E-state index >= 15 is 0 Å². The number of allylic oxidation sites excluding steroid dienone is 20. The molecular weight excluding hydrogens is 885 g/mol. The second-order valence-corrected chi connectivity index (χ2v) is 19.5. The highest BCUT2D eigenvalue weighted by molar-refractivity contribution is 5.70. The van der Waals surface area contributed by atoms with Crippen LogP contribution in [0.15, 0.2) is 122 Å². The van der Waals surface area contributed by atoms with Crippen LogP contribution in [0.1, 0.15) is 265 Å². The van der Waals surface area contributed by atoms with Crippen LogP contribution in [0.25, 0.3) is 0 Å². The van der Waals surface area contributed by atoms with Crippen molar-refractivity contribution in [3.63, 3.8) is 0 Å². The average molecular weight is 998 g/mol. The van der Waals surface area contributed by atoms with Crippen LogP contribution >= 0.6 is 0 Å². The fourth-order valence-electron chi connectivity index (χ4n) is 8.07. The summed E-state index contributed by atoms with van der Waals surface area (Å²) in [6.45, 7) is 7.46. The van der Waals surface area contributed by atoms with E-state index < -0.39 is 6.10 Å². The molecule has 1 atom stereocenters. The van der Waals surface area contributed by atoms with Crippen molar-refractivity contribution >= 4 is 11.9 Å². The summed E-state index contributed by atoms with van der Waals surface area (Å²) in [4.78, 5) is 25.6. The molecule has 0 saturated heterocycles. The Morgan fingerprint density at radius 1 is 0.319 bits per heavy atom. The predicted molar refractivity (Wildman–Crippen MR) is 316 cm³/mol. The minimum atomic E-state index is -0.582. The number of unbranched alkanes of at least 4 members (excludes halogenated alkanes) is 23. The maximum absolute atomic E-state index is 12.9. The first-order valence-electron chi connectivity index (χ1n) is 30.1. The summed E-state index contributed by atoms with van der Waals surface area (Å²) >= 11 is 0. The Bertz CT molecular complexity index is 1450. The summed E-state index contributed by atoms with van der Waals surface area (Å²) in [6.07, 6.45) is 86.6. The van der Waals surface area contributed by atoms with Crippen LogP contribution in [0.2, 0.25) is 0 Å². The van der Waals surface area contributed by atoms with Crippen LogP contribution in [-0.4, -0.2) is 37.9 Å². The molecule has 0 fully saturated rings. The van der Waals surface area contributed by atoms with Gasteiger partial charge in [-0.05, 0) is 122 Å². The highest BCUT2D eigenvalue weighted by Crippen LogP contribution is 2.15. The van der Waals surface area contributed by atoms with Crippen LogP contribution in [0.4, 0.5) is 0 Å². The zero-order valence-electron chi connectivity index (χ0n) is 47.2. The third-order valence-corrected chi connectivity index (χ3v) is 12.5. The van der Waals surface area contributed by atoms with E-state index in [4.69, 9.17) is 14.2 Å². The molecule has 0 spiro atoms. The molecule has 0 amide bonds. The lowest BCUT2D eigenvalue weighted by molar-refractivity contribution is -0.163. The number of hydrogen-bond acceptors (Lipinski definition) is 5. The van der Waals surface area contributed by atoms with Gasteiger partial charge in [0.25, 0.3) is 0 Å². The molecule has 0 bridgehead atoms. The van der Waals surface area contributed by atoms with Crippen molar-refractivity contribution in [1.29, 1.82) is 0 Å². The molecule has 0 radical (unpaired) electrons. The van der Waals surface area contributed by atoms with Crippen molar-refractivity contribution < 1.29 is 23.8 Å². The molecule has 72 heavy (non-hydrogen) atoms. The minimum absolute atomic E-state index is 0.0508. The van der Waals surface area contributed by atoms with Crippen LogP contribution in [0, 0.1) is 0 Å². The number of hydrogen-bond donors (Lipinski definition) is 0. The molecule has 5 heteroatoms. The van der Waals surface area contributed by atoms with Crippen molar-refractivity contribution in [1.82, 2.24) is 0 Å². The molecule has 5 nitrogen and oxygen atoms in total. The van der Waals surface area contributed by atoms with Gasteiger partial charge in [0.1, 0.15) is 6.61 Å². The van der Waals surface area contributed by atoms with E-state index in [1.165, 1.54) is 116 Å². The Morgan fingerprint density at radius 2 is 0.625 bits per heavy atom. The van der Waals surface area contributed by atoms with Crippen molar-refractivity contribution in [3.05, 3.63) is 122 Å². The van der Waals surface area contributed by atoms with Crippen molar-refractivity contribution in [2.45, 2.75) is 271 Å². The fraction of sp³-hybridized carbons (Fsp3) is 0.672. The number of rotatable bonds is 54. The number of carbonyl (C=O) groups excluding carboxylic acids is 2. The normalized spacial score (nSPS) is 13.1. The summed E-state index contributed by atoms with van der Waals surface area (Å²) < 4.78 is 17.4. The van der Waals surface area contributed by atoms with Gasteiger partial charge in [-0.3, -0.25) is 9.59 Å². The molecule has 0 saturated carbocycles. The lowest BCUT2D eigenvalue weighted by Gasteiger charge is -2.18. The molecule has 0 N–H and O–H groups in total. The first-order chi connectivity index (χ1) is 35.6. The summed E-state index contributed by atoms with van der Waals surface area (Å²) in [5, 5.41) is 0. The van der Waals surface area contributed by atoms with E-state index in [2.05, 4.69) is 142 Å². The Labute approximate surface area is 446 Å². The van der Waals surface area contributed by atoms with Gasteiger partial charge < -0.3 is 14.2 Å². The van der Waals surface area contributed by atoms with Gasteiger partial charge in [0.15, 0.2) is 6.10 Å². The van der Waals surface area contributed by atoms with E-state index in [0.717, 1.165) is 116 Å². The average Bonchev–Trinajstić information content (AvgIpc) is 3.38. The van der Waals surface area contributed by atoms with E-state index in [1.54, 1.807) is 0 Å². The molecular formula is C67H112O5. The minimum Gasteiger partial charge on any atom is -0.462 e. The van der Waals surface area contributed by atoms with Gasteiger partial charge in [-0.25, -0.2) is 0 Å². The lowest BCUT2D eigenvalue weighted by atomic mass is 10.1. The Balaban J connectivity index is 4.41. The van der Waals surface area contributed by atoms with Gasteiger partial charge in [-0.2, -0.15) is 0 Å². The Kier molecular flexibility index (Phi) is 58.4. The molecule has 0 aliphatic rings. The zero-order chi connectivity index (χ0) is 52.0. The monoisotopic (exact) mass is 997 g/mol. The molecule has 410 valence electrons. The smallest absolute Gasteiger partial charge is 0.306 e. The fourth-order valence-corrected chi connectivity index (χ4v) is 8.07. The van der Waals surface area contributed by atoms with Crippen molar-refractivity contribution in [2.24, 2.45) is 0 Å². The summed E-state index contributed by atoms with van der Waals surface area (Å²) in [5.41, 5.74) is 0. The number of ether oxygens (including phenoxy) is 3. The molecule has 0 aliphatic carbocycles. The van der Waals surface area contributed by atoms with Gasteiger partial charge in [0, 0.05) is 19.4 Å². The van der Waals surface area contributed by atoms with Crippen LogP contribution in [0.3, 0.4) is 0 Å². The third-order valence-electron chi connectivity index (χ3n) is 12.5. The first-order valence-corrected chi connectivity index (χ1v) is 30.1. The number of esters is 2. The number of carbonyl (C=O) groups is 2. The maximum Gasteiger partial charge on any atom is 0.306 e. The molecule has 0 aliphatic heterocycles. The van der Waals surface area contributed by atoms with E-state index in [-0.39, 0.29) is 25.2 Å². The van der Waals surface area contributed by atoms with Gasteiger partial charge in [-0.15, -0.1) is 0 Å². The summed E-state index contributed by atoms with van der Waals surface area (Å²) in [5.74, 6) is -0.443. The Morgan fingerprint density at radius 3 is 1.01 bits per heavy atom. The molecule has 1 unspecified atom stereocenters. The van der Waals surface area contributed by atoms with Gasteiger partial charge in [-0.1, -0.05) is 251 Å². The second kappa shape index (κ2) is 61.6. The van der Waals surface area contributed by atoms with Gasteiger partial charge in [0.2, 0.25) is 0 Å². The predicted octanol–water partition coefficient (Wildman–Crippen LogP) is 20.9. The molecule has 0 aromatic heterocycles. The lowest BCUT2D eigenvalue weighted by Crippen LogP contribution is -2.30. The van der Waals surface area contributed by atoms with Crippen molar-refractivity contribution in [2.75, 3.05) is 19.8 Å². The molecule has 0 aromatic rings. The van der Waals surface area contributed by atoms with E-state index in [0.29, 0.717) is 19.4 Å². The van der Waals surface area contributed by atoms with Crippen LogP contribution in [-0.2, 0) is 23.8 Å². The highest BCUT2D eigenvalue weighted by atomic mass is 16.6. The largest absolute Gasteiger partial charge is 0.462 e.